The fraction of sp³-hybridized carbons (Fsp3) is 0.143. The smallest absolute Gasteiger partial charge is 0.322 e. The van der Waals surface area contributed by atoms with Gasteiger partial charge in [-0.2, -0.15) is 0 Å². The number of hydrogen-bond donors (Lipinski definition) is 0. The minimum atomic E-state index is -1.04. The van der Waals surface area contributed by atoms with Gasteiger partial charge in [0.2, 0.25) is 0 Å². The number of benzene rings is 1. The molecule has 0 radical (unpaired) electrons. The van der Waals surface area contributed by atoms with Crippen molar-refractivity contribution in [2.24, 2.45) is 0 Å². The summed E-state index contributed by atoms with van der Waals surface area (Å²) in [4.78, 5) is 22.4. The van der Waals surface area contributed by atoms with Crippen LogP contribution in [-0.2, 0) is 14.3 Å². The first kappa shape index (κ1) is 15.0. The molecule has 0 amide bonds. The summed E-state index contributed by atoms with van der Waals surface area (Å²) in [6, 6.07) is 6.86. The highest BCUT2D eigenvalue weighted by atomic mass is 35.5. The Morgan fingerprint density at radius 3 is 2.79 bits per heavy atom. The van der Waals surface area contributed by atoms with E-state index in [9.17, 15) is 14.7 Å². The van der Waals surface area contributed by atoms with Crippen molar-refractivity contribution in [2.45, 2.75) is 6.92 Å². The van der Waals surface area contributed by atoms with E-state index < -0.39 is 17.5 Å². The molecule has 0 heterocycles. The third kappa shape index (κ3) is 5.40. The van der Waals surface area contributed by atoms with Crippen LogP contribution in [0.25, 0.3) is 6.08 Å². The second kappa shape index (κ2) is 7.38. The summed E-state index contributed by atoms with van der Waals surface area (Å²) in [5, 5.41) is 11.7. The van der Waals surface area contributed by atoms with Crippen molar-refractivity contribution in [2.75, 3.05) is 6.61 Å². The van der Waals surface area contributed by atoms with Crippen LogP contribution in [0, 0.1) is 0 Å². The Hall–Kier alpha value is -2.07. The van der Waals surface area contributed by atoms with E-state index in [2.05, 4.69) is 4.74 Å². The van der Waals surface area contributed by atoms with Crippen molar-refractivity contribution in [1.82, 2.24) is 0 Å². The molecule has 0 saturated heterocycles. The van der Waals surface area contributed by atoms with Gasteiger partial charge >= 0.3 is 5.97 Å². The summed E-state index contributed by atoms with van der Waals surface area (Å²) in [6.45, 7) is 1.66. The molecule has 1 rings (SSSR count). The van der Waals surface area contributed by atoms with Gasteiger partial charge in [-0.05, 0) is 42.5 Å². The molecular formula is C14H12ClO4-. The van der Waals surface area contributed by atoms with Crippen molar-refractivity contribution in [3.8, 4) is 0 Å². The van der Waals surface area contributed by atoms with Crippen LogP contribution in [0.15, 0.2) is 42.2 Å². The molecule has 0 aliphatic carbocycles. The van der Waals surface area contributed by atoms with Crippen molar-refractivity contribution in [3.05, 3.63) is 52.8 Å². The van der Waals surface area contributed by atoms with E-state index in [1.165, 1.54) is 12.2 Å². The van der Waals surface area contributed by atoms with Gasteiger partial charge in [-0.25, -0.2) is 4.79 Å². The number of esters is 1. The number of hydrogen-bond acceptors (Lipinski definition) is 4. The van der Waals surface area contributed by atoms with Gasteiger partial charge in [-0.3, -0.25) is 4.79 Å². The minimum absolute atomic E-state index is 0.0883. The van der Waals surface area contributed by atoms with Gasteiger partial charge in [-0.15, -0.1) is 0 Å². The van der Waals surface area contributed by atoms with Crippen LogP contribution in [0.2, 0.25) is 5.02 Å². The van der Waals surface area contributed by atoms with Crippen LogP contribution >= 0.6 is 11.6 Å². The van der Waals surface area contributed by atoms with Gasteiger partial charge in [0.05, 0.1) is 6.61 Å². The molecule has 4 nitrogen and oxygen atoms in total. The van der Waals surface area contributed by atoms with E-state index in [1.807, 2.05) is 0 Å². The van der Waals surface area contributed by atoms with Crippen molar-refractivity contribution >= 4 is 29.4 Å². The second-order valence-electron chi connectivity index (χ2n) is 3.52. The number of carbonyl (C=O) groups excluding carboxylic acids is 2. The van der Waals surface area contributed by atoms with Crippen LogP contribution < -0.4 is 5.11 Å². The van der Waals surface area contributed by atoms with Gasteiger partial charge in [0.25, 0.3) is 0 Å². The molecule has 0 spiro atoms. The quantitative estimate of drug-likeness (QED) is 0.468. The molecular weight excluding hydrogens is 268 g/mol. The summed E-state index contributed by atoms with van der Waals surface area (Å²) >= 11 is 5.78. The SMILES string of the molecule is CCOC(=O)/C([O-])=C/C(=O)/C=C/c1cccc(Cl)c1. The number of halogens is 1. The molecule has 5 heteroatoms. The molecule has 0 aromatic heterocycles. The normalized spacial score (nSPS) is 11.6. The summed E-state index contributed by atoms with van der Waals surface area (Å²) in [5.41, 5.74) is 0.720. The van der Waals surface area contributed by atoms with Crippen LogP contribution in [0.4, 0.5) is 0 Å². The van der Waals surface area contributed by atoms with E-state index >= 15 is 0 Å². The second-order valence-corrected chi connectivity index (χ2v) is 3.96. The average Bonchev–Trinajstić information content (AvgIpc) is 2.36. The highest BCUT2D eigenvalue weighted by molar-refractivity contribution is 6.30. The van der Waals surface area contributed by atoms with Gasteiger partial charge in [0, 0.05) is 5.02 Å². The molecule has 0 unspecified atom stereocenters. The first-order chi connectivity index (χ1) is 9.02. The van der Waals surface area contributed by atoms with Gasteiger partial charge < -0.3 is 9.84 Å². The molecule has 0 atom stereocenters. The largest absolute Gasteiger partial charge is 0.867 e. The van der Waals surface area contributed by atoms with Crippen LogP contribution in [0.5, 0.6) is 0 Å². The Balaban J connectivity index is 2.70. The third-order valence-electron chi connectivity index (χ3n) is 2.04. The number of ketones is 1. The lowest BCUT2D eigenvalue weighted by Crippen LogP contribution is -2.19. The zero-order chi connectivity index (χ0) is 14.3. The monoisotopic (exact) mass is 279 g/mol. The van der Waals surface area contributed by atoms with E-state index in [1.54, 1.807) is 31.2 Å². The van der Waals surface area contributed by atoms with E-state index in [0.717, 1.165) is 5.56 Å². The fourth-order valence-electron chi connectivity index (χ4n) is 1.23. The first-order valence-electron chi connectivity index (χ1n) is 5.56. The predicted molar refractivity (Wildman–Crippen MR) is 70.2 cm³/mol. The first-order valence-corrected chi connectivity index (χ1v) is 5.94. The van der Waals surface area contributed by atoms with E-state index in [0.29, 0.717) is 11.1 Å². The van der Waals surface area contributed by atoms with E-state index in [-0.39, 0.29) is 6.61 Å². The van der Waals surface area contributed by atoms with Crippen molar-refractivity contribution < 1.29 is 19.4 Å². The van der Waals surface area contributed by atoms with Gasteiger partial charge in [-0.1, -0.05) is 29.8 Å². The Kier molecular flexibility index (Phi) is 5.82. The Labute approximate surface area is 116 Å². The predicted octanol–water partition coefficient (Wildman–Crippen LogP) is 1.73. The van der Waals surface area contributed by atoms with Crippen molar-refractivity contribution in [3.63, 3.8) is 0 Å². The molecule has 0 aliphatic heterocycles. The number of ether oxygens (including phenoxy) is 1. The topological polar surface area (TPSA) is 66.4 Å². The summed E-state index contributed by atoms with van der Waals surface area (Å²) in [7, 11) is 0. The average molecular weight is 280 g/mol. The van der Waals surface area contributed by atoms with Crippen molar-refractivity contribution in [1.29, 1.82) is 0 Å². The third-order valence-corrected chi connectivity index (χ3v) is 2.27. The zero-order valence-corrected chi connectivity index (χ0v) is 11.0. The van der Waals surface area contributed by atoms with Crippen LogP contribution in [-0.4, -0.2) is 18.4 Å². The zero-order valence-electron chi connectivity index (χ0n) is 10.3. The minimum Gasteiger partial charge on any atom is -0.867 e. The lowest BCUT2D eigenvalue weighted by atomic mass is 10.2. The molecule has 1 aromatic rings. The Bertz CT molecular complexity index is 532. The molecule has 0 N–H and O–H groups in total. The maximum Gasteiger partial charge on any atom is 0.322 e. The maximum atomic E-state index is 11.4. The highest BCUT2D eigenvalue weighted by Gasteiger charge is 2.00. The summed E-state index contributed by atoms with van der Waals surface area (Å²) in [6.07, 6.45) is 3.38. The maximum absolute atomic E-state index is 11.4. The number of carbonyl (C=O) groups is 2. The molecule has 0 bridgehead atoms. The molecule has 0 fully saturated rings. The Morgan fingerprint density at radius 1 is 1.42 bits per heavy atom. The van der Waals surface area contributed by atoms with Gasteiger partial charge in [0.15, 0.2) is 5.78 Å². The summed E-state index contributed by atoms with van der Waals surface area (Å²) < 4.78 is 4.47. The van der Waals surface area contributed by atoms with Gasteiger partial charge in [0.1, 0.15) is 0 Å². The summed E-state index contributed by atoms with van der Waals surface area (Å²) in [5.74, 6) is -2.59. The van der Waals surface area contributed by atoms with Crippen LogP contribution in [0.3, 0.4) is 0 Å². The molecule has 0 aliphatic rings. The highest BCUT2D eigenvalue weighted by Crippen LogP contribution is 2.11. The Morgan fingerprint density at radius 2 is 2.16 bits per heavy atom. The molecule has 1 aromatic carbocycles. The number of allylic oxidation sites excluding steroid dienone is 2. The molecule has 0 saturated carbocycles. The van der Waals surface area contributed by atoms with E-state index in [4.69, 9.17) is 11.6 Å². The van der Waals surface area contributed by atoms with Crippen LogP contribution in [0.1, 0.15) is 12.5 Å². The molecule has 19 heavy (non-hydrogen) atoms. The standard InChI is InChI=1S/C14H13ClO4/c1-2-19-14(18)13(17)9-12(16)7-6-10-4-3-5-11(15)8-10/h3-9,17H,2H2,1H3/p-1/b7-6+,13-9-. The molecule has 100 valence electrons. The lowest BCUT2D eigenvalue weighted by Gasteiger charge is -2.08. The number of rotatable bonds is 5. The fourth-order valence-corrected chi connectivity index (χ4v) is 1.43. The lowest BCUT2D eigenvalue weighted by molar-refractivity contribution is -0.303.